The molecule has 20 heavy (non-hydrogen) atoms. The van der Waals surface area contributed by atoms with Crippen molar-refractivity contribution in [3.63, 3.8) is 0 Å². The normalized spacial score (nSPS) is 16.9. The van der Waals surface area contributed by atoms with E-state index in [4.69, 9.17) is 0 Å². The lowest BCUT2D eigenvalue weighted by Gasteiger charge is -2.22. The van der Waals surface area contributed by atoms with Crippen LogP contribution in [0.4, 0.5) is 0 Å². The Morgan fingerprint density at radius 1 is 1.20 bits per heavy atom. The van der Waals surface area contributed by atoms with Crippen molar-refractivity contribution >= 4 is 11.0 Å². The molecular weight excluding hydrogens is 246 g/mol. The van der Waals surface area contributed by atoms with E-state index in [1.54, 1.807) is 0 Å². The fourth-order valence-corrected chi connectivity index (χ4v) is 3.33. The molecule has 0 spiro atoms. The van der Waals surface area contributed by atoms with Crippen LogP contribution in [-0.4, -0.2) is 22.1 Å². The Hall–Kier alpha value is -1.35. The molecule has 0 atom stereocenters. The molecule has 0 saturated heterocycles. The lowest BCUT2D eigenvalue weighted by Crippen LogP contribution is -2.32. The molecular formula is C17H25N3. The van der Waals surface area contributed by atoms with Crippen molar-refractivity contribution in [2.75, 3.05) is 6.54 Å². The van der Waals surface area contributed by atoms with E-state index in [2.05, 4.69) is 46.1 Å². The number of aromatic nitrogens is 2. The Balaban J connectivity index is 1.53. The number of hydrogen-bond donors (Lipinski definition) is 1. The summed E-state index contributed by atoms with van der Waals surface area (Å²) in [5, 5.41) is 3.72. The molecule has 0 bridgehead atoms. The van der Waals surface area contributed by atoms with E-state index in [1.165, 1.54) is 44.0 Å². The third kappa shape index (κ3) is 3.04. The first kappa shape index (κ1) is 13.6. The van der Waals surface area contributed by atoms with Gasteiger partial charge in [-0.3, -0.25) is 0 Å². The summed E-state index contributed by atoms with van der Waals surface area (Å²) in [6.45, 7) is 4.29. The van der Waals surface area contributed by atoms with E-state index in [0.29, 0.717) is 0 Å². The molecule has 0 radical (unpaired) electrons. The summed E-state index contributed by atoms with van der Waals surface area (Å²) < 4.78 is 2.35. The van der Waals surface area contributed by atoms with Gasteiger partial charge in [0.25, 0.3) is 0 Å². The highest BCUT2D eigenvalue weighted by Gasteiger charge is 2.12. The Morgan fingerprint density at radius 3 is 2.85 bits per heavy atom. The van der Waals surface area contributed by atoms with Crippen LogP contribution < -0.4 is 5.32 Å². The van der Waals surface area contributed by atoms with E-state index >= 15 is 0 Å². The number of nitrogens with zero attached hydrogens (tertiary/aromatic N) is 2. The fraction of sp³-hybridized carbons (Fsp3) is 0.588. The summed E-state index contributed by atoms with van der Waals surface area (Å²) in [5.41, 5.74) is 2.38. The van der Waals surface area contributed by atoms with Gasteiger partial charge in [-0.25, -0.2) is 4.98 Å². The molecule has 1 N–H and O–H groups in total. The van der Waals surface area contributed by atoms with Gasteiger partial charge in [-0.2, -0.15) is 0 Å². The molecule has 108 valence electrons. The molecule has 1 fully saturated rings. The predicted octanol–water partition coefficient (Wildman–Crippen LogP) is 3.66. The molecule has 0 aliphatic heterocycles. The van der Waals surface area contributed by atoms with Crippen LogP contribution in [0.15, 0.2) is 24.3 Å². The lowest BCUT2D eigenvalue weighted by molar-refractivity contribution is 0.369. The van der Waals surface area contributed by atoms with Gasteiger partial charge in [-0.05, 0) is 44.9 Å². The number of fused-ring (bicyclic) bond motifs is 1. The summed E-state index contributed by atoms with van der Waals surface area (Å²) in [4.78, 5) is 4.62. The van der Waals surface area contributed by atoms with Crippen molar-refractivity contribution in [3.05, 3.63) is 30.1 Å². The van der Waals surface area contributed by atoms with Crippen molar-refractivity contribution in [2.24, 2.45) is 0 Å². The van der Waals surface area contributed by atoms with E-state index < -0.39 is 0 Å². The fourth-order valence-electron chi connectivity index (χ4n) is 3.33. The number of aryl methyl sites for hydroxylation is 2. The second-order valence-corrected chi connectivity index (χ2v) is 5.94. The topological polar surface area (TPSA) is 29.9 Å². The van der Waals surface area contributed by atoms with E-state index in [-0.39, 0.29) is 0 Å². The van der Waals surface area contributed by atoms with Crippen LogP contribution in [0.1, 0.15) is 44.3 Å². The lowest BCUT2D eigenvalue weighted by atomic mass is 9.95. The molecule has 1 aliphatic rings. The van der Waals surface area contributed by atoms with Gasteiger partial charge in [0.2, 0.25) is 0 Å². The number of benzene rings is 1. The van der Waals surface area contributed by atoms with Crippen molar-refractivity contribution in [1.29, 1.82) is 0 Å². The number of imidazole rings is 1. The zero-order valence-corrected chi connectivity index (χ0v) is 12.4. The summed E-state index contributed by atoms with van der Waals surface area (Å²) in [7, 11) is 0. The smallest absolute Gasteiger partial charge is 0.106 e. The monoisotopic (exact) mass is 271 g/mol. The Labute approximate surface area is 121 Å². The summed E-state index contributed by atoms with van der Waals surface area (Å²) in [6, 6.07) is 9.19. The zero-order chi connectivity index (χ0) is 13.8. The van der Waals surface area contributed by atoms with Gasteiger partial charge in [-0.15, -0.1) is 0 Å². The molecule has 1 saturated carbocycles. The van der Waals surface area contributed by atoms with Crippen molar-refractivity contribution in [3.8, 4) is 0 Å². The van der Waals surface area contributed by atoms with Crippen LogP contribution in [0.25, 0.3) is 11.0 Å². The largest absolute Gasteiger partial charge is 0.328 e. The van der Waals surface area contributed by atoms with Crippen LogP contribution in [0.3, 0.4) is 0 Å². The second kappa shape index (κ2) is 6.40. The van der Waals surface area contributed by atoms with Crippen LogP contribution >= 0.6 is 0 Å². The molecule has 1 aliphatic carbocycles. The van der Waals surface area contributed by atoms with Crippen LogP contribution in [0, 0.1) is 6.92 Å². The third-order valence-electron chi connectivity index (χ3n) is 4.44. The van der Waals surface area contributed by atoms with E-state index in [9.17, 15) is 0 Å². The number of hydrogen-bond acceptors (Lipinski definition) is 2. The van der Waals surface area contributed by atoms with Gasteiger partial charge in [-0.1, -0.05) is 31.4 Å². The minimum atomic E-state index is 0.768. The molecule has 1 aromatic heterocycles. The van der Waals surface area contributed by atoms with Gasteiger partial charge in [0.1, 0.15) is 5.82 Å². The number of rotatable bonds is 5. The summed E-state index contributed by atoms with van der Waals surface area (Å²) in [6.07, 6.45) is 8.15. The van der Waals surface area contributed by atoms with Crippen molar-refractivity contribution in [2.45, 2.75) is 58.0 Å². The zero-order valence-electron chi connectivity index (χ0n) is 12.4. The predicted molar refractivity (Wildman–Crippen MR) is 84.0 cm³/mol. The maximum atomic E-state index is 4.62. The second-order valence-electron chi connectivity index (χ2n) is 5.94. The van der Waals surface area contributed by atoms with E-state index in [0.717, 1.165) is 30.5 Å². The molecule has 1 aromatic carbocycles. The van der Waals surface area contributed by atoms with Gasteiger partial charge in [0, 0.05) is 12.6 Å². The molecule has 3 rings (SSSR count). The minimum absolute atomic E-state index is 0.768. The molecule has 1 heterocycles. The number of nitrogens with one attached hydrogen (secondary N) is 1. The van der Waals surface area contributed by atoms with Crippen LogP contribution in [0.2, 0.25) is 0 Å². The molecule has 3 heteroatoms. The highest BCUT2D eigenvalue weighted by Crippen LogP contribution is 2.18. The molecule has 0 amide bonds. The summed E-state index contributed by atoms with van der Waals surface area (Å²) >= 11 is 0. The molecule has 3 nitrogen and oxygen atoms in total. The van der Waals surface area contributed by atoms with Gasteiger partial charge in [0.15, 0.2) is 0 Å². The first-order chi connectivity index (χ1) is 9.84. The Morgan fingerprint density at radius 2 is 2.00 bits per heavy atom. The Bertz CT molecular complexity index is 552. The standard InChI is InChI=1S/C17H25N3/c1-14-19-16-10-5-6-11-17(16)20(14)13-7-12-18-15-8-3-2-4-9-15/h5-6,10-11,15,18H,2-4,7-9,12-13H2,1H3. The molecule has 0 unspecified atom stereocenters. The molecule has 2 aromatic rings. The van der Waals surface area contributed by atoms with Crippen LogP contribution in [0.5, 0.6) is 0 Å². The van der Waals surface area contributed by atoms with Crippen LogP contribution in [-0.2, 0) is 6.54 Å². The first-order valence-electron chi connectivity index (χ1n) is 8.00. The van der Waals surface area contributed by atoms with E-state index in [1.807, 2.05) is 0 Å². The van der Waals surface area contributed by atoms with Crippen molar-refractivity contribution in [1.82, 2.24) is 14.9 Å². The first-order valence-corrected chi connectivity index (χ1v) is 8.00. The summed E-state index contributed by atoms with van der Waals surface area (Å²) in [5.74, 6) is 1.13. The maximum absolute atomic E-state index is 4.62. The average Bonchev–Trinajstić information content (AvgIpc) is 2.80. The van der Waals surface area contributed by atoms with Crippen molar-refractivity contribution < 1.29 is 0 Å². The SMILES string of the molecule is Cc1nc2ccccc2n1CCCNC1CCCCC1. The maximum Gasteiger partial charge on any atom is 0.106 e. The minimum Gasteiger partial charge on any atom is -0.328 e. The average molecular weight is 271 g/mol. The third-order valence-corrected chi connectivity index (χ3v) is 4.44. The highest BCUT2D eigenvalue weighted by atomic mass is 15.1. The quantitative estimate of drug-likeness (QED) is 0.841. The van der Waals surface area contributed by atoms with Gasteiger partial charge < -0.3 is 9.88 Å². The number of para-hydroxylation sites is 2. The van der Waals surface area contributed by atoms with Gasteiger partial charge in [0.05, 0.1) is 11.0 Å². The van der Waals surface area contributed by atoms with Gasteiger partial charge >= 0.3 is 0 Å². The highest BCUT2D eigenvalue weighted by molar-refractivity contribution is 5.75. The Kier molecular flexibility index (Phi) is 4.36.